The Hall–Kier alpha value is -3.08. The van der Waals surface area contributed by atoms with Gasteiger partial charge in [0.2, 0.25) is 17.4 Å². The van der Waals surface area contributed by atoms with Crippen LogP contribution in [-0.4, -0.2) is 14.2 Å². The van der Waals surface area contributed by atoms with Gasteiger partial charge in [0.1, 0.15) is 11.5 Å². The van der Waals surface area contributed by atoms with Gasteiger partial charge in [-0.2, -0.15) is 21.6 Å². The molecule has 0 amide bonds. The zero-order chi connectivity index (χ0) is 24.1. The van der Waals surface area contributed by atoms with Crippen molar-refractivity contribution >= 4 is 15.9 Å². The van der Waals surface area contributed by atoms with E-state index >= 15 is 0 Å². The molecule has 1 atom stereocenters. The maximum absolute atomic E-state index is 13.1. The lowest BCUT2D eigenvalue weighted by atomic mass is 10.0. The molecule has 2 aromatic carbocycles. The van der Waals surface area contributed by atoms with Crippen molar-refractivity contribution in [2.45, 2.75) is 18.0 Å². The van der Waals surface area contributed by atoms with Crippen LogP contribution in [0.2, 0.25) is 0 Å². The number of nitrogens with two attached hydrogens (primary N) is 1. The van der Waals surface area contributed by atoms with Crippen molar-refractivity contribution in [3.63, 3.8) is 0 Å². The molecule has 0 aromatic heterocycles. The van der Waals surface area contributed by atoms with Gasteiger partial charge in [-0.05, 0) is 29.8 Å². The van der Waals surface area contributed by atoms with E-state index in [1.807, 2.05) is 0 Å². The number of ether oxygens (including phenoxy) is 1. The highest BCUT2D eigenvalue weighted by Crippen LogP contribution is 2.35. The van der Waals surface area contributed by atoms with Crippen molar-refractivity contribution in [1.29, 1.82) is 0 Å². The summed E-state index contributed by atoms with van der Waals surface area (Å²) in [6, 6.07) is 6.02. The molecule has 0 spiro atoms. The van der Waals surface area contributed by atoms with Gasteiger partial charge in [-0.15, -0.1) is 0 Å². The molecule has 0 saturated carbocycles. The predicted molar refractivity (Wildman–Crippen MR) is 91.6 cm³/mol. The number of hydrogen-bond acceptors (Lipinski definition) is 6. The Morgan fingerprint density at radius 3 is 2.28 bits per heavy atom. The molecule has 3 rings (SSSR count). The molecule has 0 aliphatic carbocycles. The number of ketones is 1. The molecule has 0 bridgehead atoms. The molecule has 154 valence electrons. The van der Waals surface area contributed by atoms with Gasteiger partial charge >= 0.3 is 16.3 Å². The lowest BCUT2D eigenvalue weighted by Gasteiger charge is -2.12. The summed E-state index contributed by atoms with van der Waals surface area (Å²) in [6.07, 6.45) is -7.44. The summed E-state index contributed by atoms with van der Waals surface area (Å²) in [4.78, 5) is 12.7. The number of halogens is 4. The van der Waals surface area contributed by atoms with Crippen molar-refractivity contribution in [3.8, 4) is 0 Å². The van der Waals surface area contributed by atoms with Gasteiger partial charge in [0.05, 0.1) is 9.68 Å². The fraction of sp³-hybridized carbons (Fsp3) is 0.167. The monoisotopic (exact) mass is 434 g/mol. The van der Waals surface area contributed by atoms with E-state index in [-0.39, 0.29) is 0 Å². The Kier molecular flexibility index (Phi) is 4.29. The molecular weight excluding hydrogens is 418 g/mol. The second-order valence-electron chi connectivity index (χ2n) is 5.68. The Morgan fingerprint density at radius 1 is 1.14 bits per heavy atom. The van der Waals surface area contributed by atoms with Crippen molar-refractivity contribution < 1.29 is 43.8 Å². The molecule has 6 nitrogen and oxygen atoms in total. The first-order chi connectivity index (χ1) is 14.6. The summed E-state index contributed by atoms with van der Waals surface area (Å²) in [5, 5.41) is 0. The molecule has 0 radical (unpaired) electrons. The summed E-state index contributed by atoms with van der Waals surface area (Å²) >= 11 is 0. The fourth-order valence-electron chi connectivity index (χ4n) is 2.29. The van der Waals surface area contributed by atoms with Crippen LogP contribution in [-0.2, 0) is 35.7 Å². The number of hydrogen-bond donors (Lipinski definition) is 1. The second-order valence-corrected chi connectivity index (χ2v) is 6.95. The van der Waals surface area contributed by atoms with Crippen LogP contribution in [0, 0.1) is 5.82 Å². The molecule has 0 unspecified atom stereocenters. The van der Waals surface area contributed by atoms with Crippen molar-refractivity contribution in [3.05, 3.63) is 82.7 Å². The predicted octanol–water partition coefficient (Wildman–Crippen LogP) is 3.16. The Balaban J connectivity index is 1.90. The summed E-state index contributed by atoms with van der Waals surface area (Å²) in [7, 11) is -5.29. The van der Waals surface area contributed by atoms with Crippen LogP contribution < -0.4 is 5.73 Å². The highest BCUT2D eigenvalue weighted by atomic mass is 32.2. The molecule has 0 fully saturated rings. The highest BCUT2D eigenvalue weighted by molar-refractivity contribution is 7.86. The first-order valence-electron chi connectivity index (χ1n) is 9.21. The summed E-state index contributed by atoms with van der Waals surface area (Å²) in [5.41, 5.74) is 0.200. The molecule has 2 aromatic rings. The van der Waals surface area contributed by atoms with Crippen LogP contribution in [0.4, 0.5) is 17.6 Å². The van der Waals surface area contributed by atoms with Gasteiger partial charge in [0, 0.05) is 5.56 Å². The van der Waals surface area contributed by atoms with Crippen molar-refractivity contribution in [2.75, 3.05) is 0 Å². The number of rotatable bonds is 5. The summed E-state index contributed by atoms with van der Waals surface area (Å²) < 4.78 is 110. The van der Waals surface area contributed by atoms with E-state index in [2.05, 4.69) is 4.18 Å². The van der Waals surface area contributed by atoms with E-state index in [0.29, 0.717) is 12.1 Å². The minimum Gasteiger partial charge on any atom is -0.460 e. The van der Waals surface area contributed by atoms with E-state index in [1.54, 1.807) is 0 Å². The third-order valence-corrected chi connectivity index (χ3v) is 4.47. The van der Waals surface area contributed by atoms with E-state index < -0.39 is 68.0 Å². The number of carbonyl (C=O) groups excluding carboxylic acids is 1. The Bertz CT molecular complexity index is 1200. The minimum atomic E-state index is -5.29. The smallest absolute Gasteiger partial charge is 0.416 e. The summed E-state index contributed by atoms with van der Waals surface area (Å²) in [5.74, 6) is -4.44. The minimum absolute atomic E-state index is 0.406. The lowest BCUT2D eigenvalue weighted by Crippen LogP contribution is -2.16. The van der Waals surface area contributed by atoms with Crippen LogP contribution in [0.3, 0.4) is 0 Å². The van der Waals surface area contributed by atoms with E-state index in [4.69, 9.17) is 14.6 Å². The van der Waals surface area contributed by atoms with Gasteiger partial charge in [0.25, 0.3) is 0 Å². The average molecular weight is 434 g/mol. The molecule has 2 N–H and O–H groups in total. The standard InChI is InChI=1S/C18H13F4NO5S/c19-13-7-1-10(2-8-13)9-29(25,26)28-16-14(24)15(27-17(16)23)11-3-5-12(6-4-11)18(20,21)22/h1-8,15H,9,23H2/t15-/m0/s1/i9D2,15D. The lowest BCUT2D eigenvalue weighted by molar-refractivity contribution is -0.137. The average Bonchev–Trinajstić information content (AvgIpc) is 2.91. The van der Waals surface area contributed by atoms with E-state index in [1.165, 1.54) is 0 Å². The highest BCUT2D eigenvalue weighted by Gasteiger charge is 2.40. The van der Waals surface area contributed by atoms with Crippen molar-refractivity contribution in [1.82, 2.24) is 0 Å². The van der Waals surface area contributed by atoms with Crippen molar-refractivity contribution in [2.24, 2.45) is 5.73 Å². The molecule has 1 aliphatic heterocycles. The fourth-order valence-corrected chi connectivity index (χ4v) is 3.13. The van der Waals surface area contributed by atoms with Crippen LogP contribution >= 0.6 is 0 Å². The molecule has 1 aliphatic rings. The van der Waals surface area contributed by atoms with E-state index in [9.17, 15) is 30.8 Å². The zero-order valence-corrected chi connectivity index (χ0v) is 15.0. The van der Waals surface area contributed by atoms with Gasteiger partial charge in [-0.25, -0.2) is 4.39 Å². The van der Waals surface area contributed by atoms with Gasteiger partial charge < -0.3 is 14.7 Å². The van der Waals surface area contributed by atoms with Gasteiger partial charge in [0.15, 0.2) is 6.08 Å². The Labute approximate surface area is 166 Å². The van der Waals surface area contributed by atoms with Crippen LogP contribution in [0.25, 0.3) is 0 Å². The SMILES string of the molecule is [2H]C([2H])(c1ccc(F)cc1)S(=O)(=O)OC1=C(N)O[C@@]([2H])(c2ccc(C(F)(F)F)cc2)C1=O. The normalized spacial score (nSPS) is 21.9. The van der Waals surface area contributed by atoms with Gasteiger partial charge in [-0.3, -0.25) is 4.79 Å². The number of benzene rings is 2. The largest absolute Gasteiger partial charge is 0.460 e. The Morgan fingerprint density at radius 2 is 1.72 bits per heavy atom. The first-order valence-corrected chi connectivity index (χ1v) is 9.12. The number of Topliss-reactive ketones (excluding diaryl/α,β-unsaturated/α-hetero) is 1. The molecule has 0 saturated heterocycles. The zero-order valence-electron chi connectivity index (χ0n) is 17.2. The maximum atomic E-state index is 13.1. The molecule has 1 heterocycles. The van der Waals surface area contributed by atoms with E-state index in [0.717, 1.165) is 36.4 Å². The number of alkyl halides is 3. The summed E-state index contributed by atoms with van der Waals surface area (Å²) in [6.45, 7) is 0. The topological polar surface area (TPSA) is 95.7 Å². The van der Waals surface area contributed by atoms with Crippen LogP contribution in [0.15, 0.2) is 60.2 Å². The first kappa shape index (κ1) is 16.8. The van der Waals surface area contributed by atoms with Crippen LogP contribution in [0.5, 0.6) is 0 Å². The molecule has 29 heavy (non-hydrogen) atoms. The maximum Gasteiger partial charge on any atom is 0.416 e. The van der Waals surface area contributed by atoms with Crippen LogP contribution in [0.1, 0.15) is 26.9 Å². The molecule has 11 heteroatoms. The third-order valence-electron chi connectivity index (χ3n) is 3.60. The quantitative estimate of drug-likeness (QED) is 0.574. The number of carbonyl (C=O) groups is 1. The van der Waals surface area contributed by atoms with Gasteiger partial charge in [-0.1, -0.05) is 24.3 Å². The second kappa shape index (κ2) is 7.39. The molecular formula is C18H13F4NO5S. The third kappa shape index (κ3) is 4.67.